The molecule has 1 saturated heterocycles. The van der Waals surface area contributed by atoms with E-state index in [1.54, 1.807) is 30.9 Å². The van der Waals surface area contributed by atoms with Crippen LogP contribution in [0.3, 0.4) is 0 Å². The molecule has 5 rings (SSSR count). The summed E-state index contributed by atoms with van der Waals surface area (Å²) in [6.45, 7) is 3.46. The Morgan fingerprint density at radius 1 is 1.18 bits per heavy atom. The molecule has 4 heterocycles. The minimum Gasteiger partial charge on any atom is -0.370 e. The first-order chi connectivity index (χ1) is 15.7. The van der Waals surface area contributed by atoms with Crippen LogP contribution in [0.25, 0.3) is 10.9 Å². The largest absolute Gasteiger partial charge is 0.370 e. The smallest absolute Gasteiger partial charge is 0.261 e. The van der Waals surface area contributed by atoms with Crippen molar-refractivity contribution < 1.29 is 13.5 Å². The molecule has 33 heavy (non-hydrogen) atoms. The molecule has 176 valence electrons. The van der Waals surface area contributed by atoms with E-state index in [0.717, 1.165) is 5.56 Å². The molecule has 8 nitrogen and oxygen atoms in total. The van der Waals surface area contributed by atoms with Crippen LogP contribution < -0.4 is 10.5 Å². The third-order valence-electron chi connectivity index (χ3n) is 6.89. The van der Waals surface area contributed by atoms with Crippen molar-refractivity contribution in [3.63, 3.8) is 0 Å². The van der Waals surface area contributed by atoms with Crippen molar-refractivity contribution in [2.45, 2.75) is 50.6 Å². The topological polar surface area (TPSA) is 78.1 Å². The zero-order valence-corrected chi connectivity index (χ0v) is 19.1. The molecule has 2 fully saturated rings. The maximum Gasteiger partial charge on any atom is 0.261 e. The predicted molar refractivity (Wildman–Crippen MR) is 120 cm³/mol. The second kappa shape index (κ2) is 8.16. The van der Waals surface area contributed by atoms with Crippen LogP contribution in [0, 0.1) is 6.92 Å². The molecule has 3 aromatic heterocycles. The van der Waals surface area contributed by atoms with Crippen molar-refractivity contribution in [3.8, 4) is 0 Å². The van der Waals surface area contributed by atoms with Crippen LogP contribution >= 0.6 is 0 Å². The maximum atomic E-state index is 13.8. The molecular weight excluding hydrogens is 430 g/mol. The fourth-order valence-corrected chi connectivity index (χ4v) is 4.81. The number of morpholine rings is 1. The number of anilines is 1. The van der Waals surface area contributed by atoms with Crippen LogP contribution in [-0.2, 0) is 18.8 Å². The monoisotopic (exact) mass is 458 g/mol. The van der Waals surface area contributed by atoms with Crippen LogP contribution in [0.2, 0.25) is 0 Å². The van der Waals surface area contributed by atoms with Gasteiger partial charge in [-0.1, -0.05) is 0 Å². The van der Waals surface area contributed by atoms with Crippen LogP contribution in [0.15, 0.2) is 23.3 Å². The van der Waals surface area contributed by atoms with E-state index in [1.807, 2.05) is 13.2 Å². The average Bonchev–Trinajstić information content (AvgIpc) is 3.24. The van der Waals surface area contributed by atoms with Crippen LogP contribution in [0.5, 0.6) is 0 Å². The number of ether oxygens (including phenoxy) is 1. The minimum absolute atomic E-state index is 0.152. The van der Waals surface area contributed by atoms with E-state index < -0.39 is 5.92 Å². The van der Waals surface area contributed by atoms with Gasteiger partial charge in [0.05, 0.1) is 29.4 Å². The van der Waals surface area contributed by atoms with Gasteiger partial charge in [-0.2, -0.15) is 5.10 Å². The first-order valence-electron chi connectivity index (χ1n) is 11.3. The van der Waals surface area contributed by atoms with Crippen molar-refractivity contribution in [1.29, 1.82) is 0 Å². The fourth-order valence-electron chi connectivity index (χ4n) is 4.81. The first kappa shape index (κ1) is 21.9. The van der Waals surface area contributed by atoms with Gasteiger partial charge in [0.25, 0.3) is 5.56 Å². The van der Waals surface area contributed by atoms with Gasteiger partial charge in [0.1, 0.15) is 17.7 Å². The molecule has 0 amide bonds. The molecule has 1 atom stereocenters. The van der Waals surface area contributed by atoms with Gasteiger partial charge < -0.3 is 9.64 Å². The summed E-state index contributed by atoms with van der Waals surface area (Å²) in [7, 11) is 3.55. The minimum atomic E-state index is -2.63. The third kappa shape index (κ3) is 4.12. The van der Waals surface area contributed by atoms with Gasteiger partial charge in [0.2, 0.25) is 5.92 Å². The van der Waals surface area contributed by atoms with Gasteiger partial charge in [-0.3, -0.25) is 14.0 Å². The third-order valence-corrected chi connectivity index (χ3v) is 6.89. The summed E-state index contributed by atoms with van der Waals surface area (Å²) < 4.78 is 36.9. The second-order valence-corrected chi connectivity index (χ2v) is 9.17. The normalized spacial score (nSPS) is 21.6. The summed E-state index contributed by atoms with van der Waals surface area (Å²) in [5.74, 6) is -1.55. The number of pyridine rings is 1. The lowest BCUT2D eigenvalue weighted by atomic mass is 9.84. The molecule has 3 aromatic rings. The Bertz CT molecular complexity index is 1240. The Labute approximate surface area is 190 Å². The van der Waals surface area contributed by atoms with Gasteiger partial charge in [-0.15, -0.1) is 0 Å². The lowest BCUT2D eigenvalue weighted by molar-refractivity contribution is -0.0384. The maximum absolute atomic E-state index is 13.8. The van der Waals surface area contributed by atoms with E-state index in [0.29, 0.717) is 60.8 Å². The molecule has 0 spiro atoms. The average molecular weight is 459 g/mol. The summed E-state index contributed by atoms with van der Waals surface area (Å²) in [6.07, 6.45) is 3.87. The van der Waals surface area contributed by atoms with Crippen molar-refractivity contribution in [3.05, 3.63) is 45.9 Å². The van der Waals surface area contributed by atoms with E-state index >= 15 is 0 Å². The van der Waals surface area contributed by atoms with E-state index in [9.17, 15) is 13.6 Å². The van der Waals surface area contributed by atoms with Crippen LogP contribution in [-0.4, -0.2) is 49.9 Å². The number of aromatic nitrogens is 5. The van der Waals surface area contributed by atoms with Crippen LogP contribution in [0.4, 0.5) is 14.6 Å². The zero-order chi connectivity index (χ0) is 23.3. The Hall–Kier alpha value is -2.88. The highest BCUT2D eigenvalue weighted by molar-refractivity contribution is 5.83. The number of hydrogen-bond acceptors (Lipinski definition) is 6. The lowest BCUT2D eigenvalue weighted by Crippen LogP contribution is -2.39. The molecule has 0 unspecified atom stereocenters. The summed E-state index contributed by atoms with van der Waals surface area (Å²) in [6, 6.07) is 1.79. The summed E-state index contributed by atoms with van der Waals surface area (Å²) in [5.41, 5.74) is 2.02. The number of aryl methyl sites for hydroxylation is 2. The zero-order valence-electron chi connectivity index (χ0n) is 19.1. The summed E-state index contributed by atoms with van der Waals surface area (Å²) in [5, 5.41) is 4.71. The van der Waals surface area contributed by atoms with Crippen molar-refractivity contribution in [2.75, 3.05) is 24.6 Å². The van der Waals surface area contributed by atoms with Gasteiger partial charge >= 0.3 is 0 Å². The molecule has 0 aromatic carbocycles. The standard InChI is InChI=1S/C23H28F2N6O2/c1-14-27-21-17(22(32)30(14)3)10-19(28-20(21)15-4-6-23(24,25)7-5-15)31-8-9-33-18(13-31)16-11-26-29(2)12-16/h10-12,15,18H,4-9,13H2,1-3H3/t18-/m0/s1. The Morgan fingerprint density at radius 3 is 2.64 bits per heavy atom. The molecule has 2 aliphatic rings. The number of nitrogens with zero attached hydrogens (tertiary/aromatic N) is 6. The van der Waals surface area contributed by atoms with Gasteiger partial charge in [-0.25, -0.2) is 18.7 Å². The summed E-state index contributed by atoms with van der Waals surface area (Å²) in [4.78, 5) is 24.8. The molecule has 10 heteroatoms. The number of halogens is 2. The molecule has 1 aliphatic heterocycles. The fraction of sp³-hybridized carbons (Fsp3) is 0.565. The Kier molecular flexibility index (Phi) is 5.43. The first-order valence-corrected chi connectivity index (χ1v) is 11.3. The van der Waals surface area contributed by atoms with Gasteiger partial charge in [-0.05, 0) is 25.8 Å². The molecule has 0 N–H and O–H groups in total. The van der Waals surface area contributed by atoms with E-state index in [2.05, 4.69) is 15.0 Å². The van der Waals surface area contributed by atoms with E-state index in [4.69, 9.17) is 9.72 Å². The molecular formula is C23H28F2N6O2. The molecule has 1 aliphatic carbocycles. The SMILES string of the molecule is Cc1nc2c(C3CCC(F)(F)CC3)nc(N3CCO[C@H](c4cnn(C)c4)C3)cc2c(=O)n1C. The van der Waals surface area contributed by atoms with Gasteiger partial charge in [0, 0.05) is 57.7 Å². The van der Waals surface area contributed by atoms with Crippen molar-refractivity contribution in [1.82, 2.24) is 24.3 Å². The molecule has 1 saturated carbocycles. The number of hydrogen-bond donors (Lipinski definition) is 0. The second-order valence-electron chi connectivity index (χ2n) is 9.17. The summed E-state index contributed by atoms with van der Waals surface area (Å²) >= 11 is 0. The highest BCUT2D eigenvalue weighted by atomic mass is 19.3. The molecule has 0 bridgehead atoms. The number of alkyl halides is 2. The lowest BCUT2D eigenvalue weighted by Gasteiger charge is -2.34. The Balaban J connectivity index is 1.57. The highest BCUT2D eigenvalue weighted by Crippen LogP contribution is 2.42. The number of rotatable bonds is 3. The predicted octanol–water partition coefficient (Wildman–Crippen LogP) is 3.24. The highest BCUT2D eigenvalue weighted by Gasteiger charge is 2.37. The quantitative estimate of drug-likeness (QED) is 0.600. The Morgan fingerprint density at radius 2 is 1.94 bits per heavy atom. The van der Waals surface area contributed by atoms with E-state index in [1.165, 1.54) is 4.57 Å². The van der Waals surface area contributed by atoms with Crippen LogP contribution in [0.1, 0.15) is 54.8 Å². The van der Waals surface area contributed by atoms with E-state index in [-0.39, 0.29) is 30.4 Å². The van der Waals surface area contributed by atoms with Crippen molar-refractivity contribution in [2.24, 2.45) is 14.1 Å². The van der Waals surface area contributed by atoms with Gasteiger partial charge in [0.15, 0.2) is 0 Å². The van der Waals surface area contributed by atoms with Crippen molar-refractivity contribution >= 4 is 16.7 Å². The molecule has 0 radical (unpaired) electrons. The number of fused-ring (bicyclic) bond motifs is 1.